The van der Waals surface area contributed by atoms with Gasteiger partial charge in [0, 0.05) is 6.54 Å². The van der Waals surface area contributed by atoms with E-state index < -0.39 is 6.10 Å². The highest BCUT2D eigenvalue weighted by Gasteiger charge is 2.07. The summed E-state index contributed by atoms with van der Waals surface area (Å²) in [5.74, 6) is 0.846. The number of aryl methyl sites for hydroxylation is 2. The van der Waals surface area contributed by atoms with E-state index in [-0.39, 0.29) is 0 Å². The number of aromatic nitrogens is 2. The first-order valence-electron chi connectivity index (χ1n) is 7.02. The Balaban J connectivity index is 2.05. The Morgan fingerprint density at radius 2 is 2.20 bits per heavy atom. The molecule has 0 bridgehead atoms. The molecule has 4 nitrogen and oxygen atoms in total. The molecule has 0 aliphatic carbocycles. The van der Waals surface area contributed by atoms with Gasteiger partial charge >= 0.3 is 0 Å². The Morgan fingerprint density at radius 1 is 1.40 bits per heavy atom. The molecule has 4 heteroatoms. The second kappa shape index (κ2) is 6.57. The number of hydrogen-bond donors (Lipinski definition) is 1. The molecule has 0 aliphatic heterocycles. The molecule has 0 saturated heterocycles. The number of hydrogen-bond acceptors (Lipinski definition) is 3. The molecule has 0 fully saturated rings. The van der Waals surface area contributed by atoms with Crippen molar-refractivity contribution in [2.45, 2.75) is 46.4 Å². The summed E-state index contributed by atoms with van der Waals surface area (Å²) in [7, 11) is 0. The van der Waals surface area contributed by atoms with Crippen LogP contribution in [0.25, 0.3) is 0 Å². The lowest BCUT2D eigenvalue weighted by Gasteiger charge is -2.13. The summed E-state index contributed by atoms with van der Waals surface area (Å²) in [4.78, 5) is 4.16. The van der Waals surface area contributed by atoms with E-state index in [1.165, 1.54) is 0 Å². The maximum atomic E-state index is 9.56. The molecule has 1 aromatic carbocycles. The van der Waals surface area contributed by atoms with Crippen LogP contribution in [0, 0.1) is 6.92 Å². The van der Waals surface area contributed by atoms with Crippen LogP contribution in [0.2, 0.25) is 0 Å². The van der Waals surface area contributed by atoms with Crippen LogP contribution < -0.4 is 4.74 Å². The highest BCUT2D eigenvalue weighted by atomic mass is 16.5. The van der Waals surface area contributed by atoms with Crippen molar-refractivity contribution in [1.29, 1.82) is 0 Å². The number of benzene rings is 1. The van der Waals surface area contributed by atoms with Crippen LogP contribution in [-0.2, 0) is 13.2 Å². The lowest BCUT2D eigenvalue weighted by molar-refractivity contribution is 0.199. The predicted molar refractivity (Wildman–Crippen MR) is 78.7 cm³/mol. The molecule has 0 unspecified atom stereocenters. The molecule has 1 N–H and O–H groups in total. The third-order valence-electron chi connectivity index (χ3n) is 3.32. The monoisotopic (exact) mass is 274 g/mol. The molecule has 1 atom stereocenters. The van der Waals surface area contributed by atoms with Gasteiger partial charge in [0.15, 0.2) is 0 Å². The summed E-state index contributed by atoms with van der Waals surface area (Å²) >= 11 is 0. The lowest BCUT2D eigenvalue weighted by atomic mass is 10.1. The van der Waals surface area contributed by atoms with E-state index in [1.807, 2.05) is 37.6 Å². The van der Waals surface area contributed by atoms with Crippen molar-refractivity contribution in [2.75, 3.05) is 0 Å². The van der Waals surface area contributed by atoms with Gasteiger partial charge in [0.2, 0.25) is 0 Å². The molecule has 0 radical (unpaired) electrons. The van der Waals surface area contributed by atoms with Crippen LogP contribution in [0.15, 0.2) is 30.7 Å². The maximum absolute atomic E-state index is 9.56. The van der Waals surface area contributed by atoms with Gasteiger partial charge in [-0.05, 0) is 43.5 Å². The normalized spacial score (nSPS) is 12.4. The van der Waals surface area contributed by atoms with E-state index in [4.69, 9.17) is 4.74 Å². The van der Waals surface area contributed by atoms with Crippen LogP contribution in [0.4, 0.5) is 0 Å². The Hall–Kier alpha value is -1.81. The number of imidazole rings is 1. The summed E-state index contributed by atoms with van der Waals surface area (Å²) in [5.41, 5.74) is 3.02. The quantitative estimate of drug-likeness (QED) is 0.879. The van der Waals surface area contributed by atoms with Gasteiger partial charge in [-0.3, -0.25) is 0 Å². The minimum Gasteiger partial charge on any atom is -0.487 e. The molecular weight excluding hydrogens is 252 g/mol. The fraction of sp³-hybridized carbons (Fsp3) is 0.438. The Morgan fingerprint density at radius 3 is 2.85 bits per heavy atom. The first-order valence-corrected chi connectivity index (χ1v) is 7.02. The number of nitrogens with zero attached hydrogens (tertiary/aromatic N) is 2. The molecular formula is C16H22N2O2. The highest BCUT2D eigenvalue weighted by Crippen LogP contribution is 2.23. The zero-order chi connectivity index (χ0) is 14.5. The summed E-state index contributed by atoms with van der Waals surface area (Å²) in [6.07, 6.45) is 4.31. The smallest absolute Gasteiger partial charge is 0.130 e. The highest BCUT2D eigenvalue weighted by molar-refractivity contribution is 5.37. The largest absolute Gasteiger partial charge is 0.487 e. The van der Waals surface area contributed by atoms with Gasteiger partial charge in [0.1, 0.15) is 12.4 Å². The molecule has 1 aromatic heterocycles. The molecule has 0 spiro atoms. The van der Waals surface area contributed by atoms with Crippen LogP contribution >= 0.6 is 0 Å². The minimum atomic E-state index is -0.450. The third-order valence-corrected chi connectivity index (χ3v) is 3.32. The topological polar surface area (TPSA) is 47.3 Å². The third kappa shape index (κ3) is 3.39. The average Bonchev–Trinajstić information content (AvgIpc) is 2.85. The standard InChI is InChI=1S/C16H22N2O2/c1-4-7-18-11-17-9-15(18)10-20-16-6-5-14(13(3)19)8-12(16)2/h5-6,8-9,11,13,19H,4,7,10H2,1-3H3/t13-/m0/s1. The molecule has 0 saturated carbocycles. The van der Waals surface area contributed by atoms with Crippen molar-refractivity contribution in [3.05, 3.63) is 47.5 Å². The Kier molecular flexibility index (Phi) is 4.79. The minimum absolute atomic E-state index is 0.450. The van der Waals surface area contributed by atoms with Gasteiger partial charge in [-0.25, -0.2) is 4.98 Å². The van der Waals surface area contributed by atoms with Gasteiger partial charge in [-0.2, -0.15) is 0 Å². The zero-order valence-corrected chi connectivity index (χ0v) is 12.3. The van der Waals surface area contributed by atoms with E-state index in [1.54, 1.807) is 6.92 Å². The van der Waals surface area contributed by atoms with Crippen molar-refractivity contribution in [2.24, 2.45) is 0 Å². The van der Waals surface area contributed by atoms with Gasteiger partial charge in [-0.1, -0.05) is 13.0 Å². The van der Waals surface area contributed by atoms with Crippen LogP contribution in [-0.4, -0.2) is 14.7 Å². The molecule has 108 valence electrons. The van der Waals surface area contributed by atoms with Crippen molar-refractivity contribution >= 4 is 0 Å². The van der Waals surface area contributed by atoms with Gasteiger partial charge in [0.25, 0.3) is 0 Å². The molecule has 0 aliphatic rings. The van der Waals surface area contributed by atoms with Crippen LogP contribution in [0.5, 0.6) is 5.75 Å². The van der Waals surface area contributed by atoms with E-state index in [9.17, 15) is 5.11 Å². The molecule has 0 amide bonds. The van der Waals surface area contributed by atoms with Gasteiger partial charge < -0.3 is 14.4 Å². The average molecular weight is 274 g/mol. The second-order valence-corrected chi connectivity index (χ2v) is 5.07. The SMILES string of the molecule is CCCn1cncc1COc1ccc([C@H](C)O)cc1C. The number of rotatable bonds is 6. The number of aliphatic hydroxyl groups is 1. The Labute approximate surface area is 120 Å². The van der Waals surface area contributed by atoms with E-state index in [2.05, 4.69) is 16.5 Å². The van der Waals surface area contributed by atoms with E-state index in [0.717, 1.165) is 35.5 Å². The van der Waals surface area contributed by atoms with Gasteiger partial charge in [-0.15, -0.1) is 0 Å². The van der Waals surface area contributed by atoms with Crippen LogP contribution in [0.3, 0.4) is 0 Å². The van der Waals surface area contributed by atoms with E-state index >= 15 is 0 Å². The number of ether oxygens (including phenoxy) is 1. The first kappa shape index (κ1) is 14.6. The Bertz CT molecular complexity index is 561. The van der Waals surface area contributed by atoms with Gasteiger partial charge in [0.05, 0.1) is 24.3 Å². The predicted octanol–water partition coefficient (Wildman–Crippen LogP) is 3.23. The second-order valence-electron chi connectivity index (χ2n) is 5.07. The van der Waals surface area contributed by atoms with Crippen molar-refractivity contribution in [3.8, 4) is 5.75 Å². The molecule has 2 rings (SSSR count). The fourth-order valence-electron chi connectivity index (χ4n) is 2.16. The van der Waals surface area contributed by atoms with Crippen molar-refractivity contribution < 1.29 is 9.84 Å². The number of aliphatic hydroxyl groups excluding tert-OH is 1. The van der Waals surface area contributed by atoms with Crippen molar-refractivity contribution in [1.82, 2.24) is 9.55 Å². The van der Waals surface area contributed by atoms with Crippen LogP contribution in [0.1, 0.15) is 43.2 Å². The molecule has 1 heterocycles. The first-order chi connectivity index (χ1) is 9.61. The summed E-state index contributed by atoms with van der Waals surface area (Å²) in [6, 6.07) is 5.78. The molecule has 2 aromatic rings. The lowest BCUT2D eigenvalue weighted by Crippen LogP contribution is -2.05. The summed E-state index contributed by atoms with van der Waals surface area (Å²) < 4.78 is 7.97. The zero-order valence-electron chi connectivity index (χ0n) is 12.3. The summed E-state index contributed by atoms with van der Waals surface area (Å²) in [5, 5.41) is 9.56. The fourth-order valence-corrected chi connectivity index (χ4v) is 2.16. The summed E-state index contributed by atoms with van der Waals surface area (Å²) in [6.45, 7) is 7.36. The van der Waals surface area contributed by atoms with Crippen molar-refractivity contribution in [3.63, 3.8) is 0 Å². The van der Waals surface area contributed by atoms with E-state index in [0.29, 0.717) is 6.61 Å². The maximum Gasteiger partial charge on any atom is 0.130 e. The molecule has 20 heavy (non-hydrogen) atoms.